The zero-order valence-corrected chi connectivity index (χ0v) is 18.7. The third-order valence-electron chi connectivity index (χ3n) is 5.25. The maximum Gasteiger partial charge on any atom is 0.254 e. The summed E-state index contributed by atoms with van der Waals surface area (Å²) in [5.74, 6) is 2.12. The average Bonchev–Trinajstić information content (AvgIpc) is 3.34. The molecule has 3 aliphatic rings. The van der Waals surface area contributed by atoms with Crippen LogP contribution in [-0.2, 0) is 17.3 Å². The summed E-state index contributed by atoms with van der Waals surface area (Å²) in [5, 5.41) is 10.2. The van der Waals surface area contributed by atoms with Gasteiger partial charge in [0.05, 0.1) is 16.5 Å². The van der Waals surface area contributed by atoms with Crippen LogP contribution in [0.5, 0.6) is 0 Å². The Morgan fingerprint density at radius 3 is 2.93 bits per heavy atom. The minimum absolute atomic E-state index is 0.0259. The Balaban J connectivity index is 1.65. The molecule has 3 aliphatic heterocycles. The van der Waals surface area contributed by atoms with E-state index in [0.29, 0.717) is 46.9 Å². The van der Waals surface area contributed by atoms with Gasteiger partial charge in [-0.05, 0) is 24.1 Å². The molecule has 0 aromatic heterocycles. The van der Waals surface area contributed by atoms with E-state index in [1.165, 1.54) is 11.8 Å². The lowest BCUT2D eigenvalue weighted by Gasteiger charge is -2.27. The third-order valence-corrected chi connectivity index (χ3v) is 8.18. The van der Waals surface area contributed by atoms with E-state index in [1.54, 1.807) is 11.9 Å². The number of benzene rings is 1. The molecule has 0 spiro atoms. The zero-order chi connectivity index (χ0) is 21.3. The molecule has 1 unspecified atom stereocenters. The summed E-state index contributed by atoms with van der Waals surface area (Å²) < 4.78 is 12.2. The van der Waals surface area contributed by atoms with Gasteiger partial charge in [0.1, 0.15) is 17.7 Å². The first-order valence-electron chi connectivity index (χ1n) is 9.95. The molecule has 0 fully saturated rings. The van der Waals surface area contributed by atoms with Crippen molar-refractivity contribution >= 4 is 40.1 Å². The summed E-state index contributed by atoms with van der Waals surface area (Å²) >= 11 is 1.41. The van der Waals surface area contributed by atoms with Gasteiger partial charge in [0.2, 0.25) is 0 Å². The second-order valence-electron chi connectivity index (χ2n) is 7.37. The molecule has 0 saturated carbocycles. The Bertz CT molecular complexity index is 1050. The number of hydrogen-bond acceptors (Lipinski definition) is 7. The molecule has 0 radical (unpaired) electrons. The number of amidine groups is 2. The number of allylic oxidation sites excluding steroid dienone is 1. The Kier molecular flexibility index (Phi) is 6.06. The first kappa shape index (κ1) is 20.8. The number of hydrogen-bond donors (Lipinski definition) is 0. The molecule has 1 aromatic rings. The largest absolute Gasteiger partial charge is 0.337 e. The first-order chi connectivity index (χ1) is 14.5. The number of amides is 1. The van der Waals surface area contributed by atoms with Crippen molar-refractivity contribution in [3.63, 3.8) is 0 Å². The van der Waals surface area contributed by atoms with Crippen molar-refractivity contribution in [1.82, 2.24) is 9.80 Å². The summed E-state index contributed by atoms with van der Waals surface area (Å²) in [6.45, 7) is 3.96. The van der Waals surface area contributed by atoms with Crippen molar-refractivity contribution < 1.29 is 9.00 Å². The van der Waals surface area contributed by atoms with E-state index in [0.717, 1.165) is 35.4 Å². The van der Waals surface area contributed by atoms with Gasteiger partial charge >= 0.3 is 0 Å². The zero-order valence-electron chi connectivity index (χ0n) is 17.1. The van der Waals surface area contributed by atoms with Crippen molar-refractivity contribution in [2.75, 3.05) is 31.0 Å². The Labute approximate surface area is 183 Å². The van der Waals surface area contributed by atoms with Crippen LogP contribution in [0.15, 0.2) is 38.8 Å². The smallest absolute Gasteiger partial charge is 0.254 e. The van der Waals surface area contributed by atoms with Gasteiger partial charge < -0.3 is 9.80 Å². The summed E-state index contributed by atoms with van der Waals surface area (Å²) in [5.41, 5.74) is 2.87. The highest BCUT2D eigenvalue weighted by Gasteiger charge is 2.34. The molecule has 30 heavy (non-hydrogen) atoms. The Morgan fingerprint density at radius 2 is 2.17 bits per heavy atom. The molecule has 0 saturated heterocycles. The molecule has 0 aliphatic carbocycles. The Morgan fingerprint density at radius 1 is 1.33 bits per heavy atom. The quantitative estimate of drug-likeness (QED) is 0.649. The highest BCUT2D eigenvalue weighted by Crippen LogP contribution is 2.33. The standard InChI is InChI=1S/C21H23N5O2S2/c1-3-4-9-30(28)13-29-18-17(11-22)24-19(26-8-7-23-20(18)26)14-5-6-16-15(10-14)12-25(2)21(16)27/h5-6,10H,3-4,7-9,12-13H2,1-2H3. The van der Waals surface area contributed by atoms with Crippen LogP contribution in [0.1, 0.15) is 41.3 Å². The molecule has 3 heterocycles. The summed E-state index contributed by atoms with van der Waals surface area (Å²) in [6.07, 6.45) is 1.95. The number of nitriles is 1. The SMILES string of the molecule is CCCCS(=O)CSC1=C(C#N)N=C(c2ccc3c(c2)CN(C)C3=O)N2CCN=C12. The van der Waals surface area contributed by atoms with Gasteiger partial charge in [-0.2, -0.15) is 5.26 Å². The van der Waals surface area contributed by atoms with E-state index in [1.807, 2.05) is 23.1 Å². The number of rotatable bonds is 7. The van der Waals surface area contributed by atoms with Gasteiger partial charge in [-0.25, -0.2) is 4.99 Å². The fraction of sp³-hybridized carbons (Fsp3) is 0.429. The van der Waals surface area contributed by atoms with E-state index in [9.17, 15) is 14.3 Å². The van der Waals surface area contributed by atoms with Crippen LogP contribution >= 0.6 is 11.8 Å². The van der Waals surface area contributed by atoms with Gasteiger partial charge in [-0.15, -0.1) is 11.8 Å². The fourth-order valence-electron chi connectivity index (χ4n) is 3.69. The predicted octanol–water partition coefficient (Wildman–Crippen LogP) is 2.72. The fourth-order valence-corrected chi connectivity index (χ4v) is 6.30. The van der Waals surface area contributed by atoms with Crippen molar-refractivity contribution in [2.24, 2.45) is 9.98 Å². The minimum atomic E-state index is -0.937. The highest BCUT2D eigenvalue weighted by molar-refractivity contribution is 8.13. The van der Waals surface area contributed by atoms with Crippen LogP contribution in [-0.4, -0.2) is 62.6 Å². The lowest BCUT2D eigenvalue weighted by molar-refractivity contribution is 0.0816. The van der Waals surface area contributed by atoms with Gasteiger partial charge in [-0.1, -0.05) is 19.4 Å². The molecular weight excluding hydrogens is 418 g/mol. The predicted molar refractivity (Wildman–Crippen MR) is 121 cm³/mol. The topological polar surface area (TPSA) is 89.1 Å². The Hall–Kier alpha value is -2.44. The number of nitrogens with zero attached hydrogens (tertiary/aromatic N) is 5. The van der Waals surface area contributed by atoms with Crippen LogP contribution in [0, 0.1) is 11.3 Å². The van der Waals surface area contributed by atoms with Crippen LogP contribution in [0.2, 0.25) is 0 Å². The number of thioether (sulfide) groups is 1. The maximum atomic E-state index is 12.2. The van der Waals surface area contributed by atoms with Crippen molar-refractivity contribution in [2.45, 2.75) is 26.3 Å². The molecule has 9 heteroatoms. The number of unbranched alkanes of at least 4 members (excludes halogenated alkanes) is 1. The number of carbonyl (C=O) groups is 1. The first-order valence-corrected chi connectivity index (χ1v) is 12.4. The second kappa shape index (κ2) is 8.74. The van der Waals surface area contributed by atoms with Gasteiger partial charge in [0, 0.05) is 47.8 Å². The van der Waals surface area contributed by atoms with Crippen LogP contribution in [0.25, 0.3) is 0 Å². The van der Waals surface area contributed by atoms with Crippen LogP contribution in [0.3, 0.4) is 0 Å². The van der Waals surface area contributed by atoms with Crippen LogP contribution < -0.4 is 0 Å². The molecular formula is C21H23N5O2S2. The summed E-state index contributed by atoms with van der Waals surface area (Å²) in [6, 6.07) is 7.91. The molecule has 0 N–H and O–H groups in total. The summed E-state index contributed by atoms with van der Waals surface area (Å²) in [4.78, 5) is 25.9. The van der Waals surface area contributed by atoms with Gasteiger partial charge in [-0.3, -0.25) is 14.0 Å². The minimum Gasteiger partial charge on any atom is -0.337 e. The number of fused-ring (bicyclic) bond motifs is 2. The summed E-state index contributed by atoms with van der Waals surface area (Å²) in [7, 11) is 0.850. The van der Waals surface area contributed by atoms with Gasteiger partial charge in [0.15, 0.2) is 5.70 Å². The van der Waals surface area contributed by atoms with E-state index >= 15 is 0 Å². The van der Waals surface area contributed by atoms with E-state index < -0.39 is 10.8 Å². The third kappa shape index (κ3) is 3.82. The molecule has 1 amide bonds. The average molecular weight is 442 g/mol. The van der Waals surface area contributed by atoms with E-state index in [-0.39, 0.29) is 5.91 Å². The van der Waals surface area contributed by atoms with Crippen molar-refractivity contribution in [3.8, 4) is 6.07 Å². The lowest BCUT2D eigenvalue weighted by atomic mass is 10.0. The molecule has 7 nitrogen and oxygen atoms in total. The van der Waals surface area contributed by atoms with E-state index in [2.05, 4.69) is 23.0 Å². The second-order valence-corrected chi connectivity index (χ2v) is 10.3. The maximum absolute atomic E-state index is 12.2. The van der Waals surface area contributed by atoms with Gasteiger partial charge in [0.25, 0.3) is 5.91 Å². The molecule has 156 valence electrons. The van der Waals surface area contributed by atoms with Crippen molar-refractivity contribution in [3.05, 3.63) is 45.5 Å². The number of aliphatic imine (C=N–C) groups is 2. The highest BCUT2D eigenvalue weighted by atomic mass is 32.2. The van der Waals surface area contributed by atoms with E-state index in [4.69, 9.17) is 0 Å². The molecule has 4 rings (SSSR count). The normalized spacial score (nSPS) is 18.8. The van der Waals surface area contributed by atoms with Crippen molar-refractivity contribution in [1.29, 1.82) is 5.26 Å². The van der Waals surface area contributed by atoms with Crippen LogP contribution in [0.4, 0.5) is 0 Å². The lowest BCUT2D eigenvalue weighted by Crippen LogP contribution is -2.38. The number of carbonyl (C=O) groups excluding carboxylic acids is 1. The monoisotopic (exact) mass is 441 g/mol. The molecule has 1 atom stereocenters. The molecule has 0 bridgehead atoms. The molecule has 1 aromatic carbocycles.